The van der Waals surface area contributed by atoms with Crippen LogP contribution in [0.1, 0.15) is 49.9 Å². The molecule has 178 valence electrons. The maximum Gasteiger partial charge on any atom is 0.335 e. The highest BCUT2D eigenvalue weighted by Crippen LogP contribution is 2.36. The number of aryl methyl sites for hydroxylation is 2. The molecule has 4 aromatic rings. The molecule has 35 heavy (non-hydrogen) atoms. The lowest BCUT2D eigenvalue weighted by molar-refractivity contribution is 0.0696. The topological polar surface area (TPSA) is 104 Å². The summed E-state index contributed by atoms with van der Waals surface area (Å²) in [4.78, 5) is 24.2. The van der Waals surface area contributed by atoms with Crippen LogP contribution >= 0.6 is 22.6 Å². The molecule has 0 aliphatic rings. The summed E-state index contributed by atoms with van der Waals surface area (Å²) in [6.07, 6.45) is 0. The number of amides is 1. The second-order valence-corrected chi connectivity index (χ2v) is 9.07. The fourth-order valence-corrected chi connectivity index (χ4v) is 4.41. The molecule has 1 aromatic heterocycles. The summed E-state index contributed by atoms with van der Waals surface area (Å²) in [6.45, 7) is 5.63. The number of carboxylic acid groups (broad SMARTS) is 1. The van der Waals surface area contributed by atoms with E-state index in [1.54, 1.807) is 35.8 Å². The standard InChI is InChI=1S/C27H24IN3O4/c1-15-7-9-19(11-16(15)2)25(32)30-29-17(3)24-22-10-8-18(14-28)12-23(22)31(26(24)33)21-6-4-5-20(13-21)27(34)35/h4-13,33H,14H2,1-3H3,(H,30,32)(H,34,35). The highest BCUT2D eigenvalue weighted by atomic mass is 127. The summed E-state index contributed by atoms with van der Waals surface area (Å²) in [6, 6.07) is 17.6. The van der Waals surface area contributed by atoms with Crippen molar-refractivity contribution in [3.05, 3.63) is 94.0 Å². The van der Waals surface area contributed by atoms with E-state index in [0.29, 0.717) is 28.0 Å². The van der Waals surface area contributed by atoms with E-state index >= 15 is 0 Å². The highest BCUT2D eigenvalue weighted by molar-refractivity contribution is 14.1. The predicted molar refractivity (Wildman–Crippen MR) is 145 cm³/mol. The lowest BCUT2D eigenvalue weighted by atomic mass is 10.1. The van der Waals surface area contributed by atoms with Crippen molar-refractivity contribution in [2.75, 3.05) is 0 Å². The van der Waals surface area contributed by atoms with Crippen LogP contribution in [0.15, 0.2) is 65.8 Å². The largest absolute Gasteiger partial charge is 0.494 e. The molecule has 0 fully saturated rings. The van der Waals surface area contributed by atoms with E-state index < -0.39 is 5.97 Å². The number of halogens is 1. The van der Waals surface area contributed by atoms with Gasteiger partial charge in [0.05, 0.1) is 22.4 Å². The number of carbonyl (C=O) groups excluding carboxylic acids is 1. The van der Waals surface area contributed by atoms with Crippen LogP contribution < -0.4 is 5.43 Å². The molecule has 0 saturated carbocycles. The lowest BCUT2D eigenvalue weighted by Gasteiger charge is -2.09. The summed E-state index contributed by atoms with van der Waals surface area (Å²) in [7, 11) is 0. The fourth-order valence-electron chi connectivity index (χ4n) is 3.94. The molecular formula is C27H24IN3O4. The minimum atomic E-state index is -1.05. The van der Waals surface area contributed by atoms with Crippen molar-refractivity contribution in [2.45, 2.75) is 25.2 Å². The summed E-state index contributed by atoms with van der Waals surface area (Å²) >= 11 is 2.26. The number of rotatable bonds is 6. The number of carbonyl (C=O) groups is 2. The molecule has 3 aromatic carbocycles. The second-order valence-electron chi connectivity index (χ2n) is 8.31. The molecule has 7 nitrogen and oxygen atoms in total. The molecule has 4 rings (SSSR count). The van der Waals surface area contributed by atoms with Gasteiger partial charge in [-0.15, -0.1) is 0 Å². The molecule has 0 aliphatic carbocycles. The molecule has 0 unspecified atom stereocenters. The van der Waals surface area contributed by atoms with Crippen LogP contribution in [-0.2, 0) is 4.43 Å². The normalized spacial score (nSPS) is 11.6. The van der Waals surface area contributed by atoms with Gasteiger partial charge in [-0.25, -0.2) is 10.2 Å². The van der Waals surface area contributed by atoms with E-state index in [4.69, 9.17) is 0 Å². The van der Waals surface area contributed by atoms with E-state index in [1.165, 1.54) is 12.1 Å². The van der Waals surface area contributed by atoms with Crippen LogP contribution in [0.4, 0.5) is 0 Å². The summed E-state index contributed by atoms with van der Waals surface area (Å²) < 4.78 is 2.38. The number of aromatic hydroxyl groups is 1. The van der Waals surface area contributed by atoms with Crippen molar-refractivity contribution < 1.29 is 19.8 Å². The van der Waals surface area contributed by atoms with Gasteiger partial charge in [-0.05, 0) is 73.9 Å². The Morgan fingerprint density at radius 3 is 2.46 bits per heavy atom. The van der Waals surface area contributed by atoms with Crippen LogP contribution in [0.5, 0.6) is 5.88 Å². The van der Waals surface area contributed by atoms with Crippen molar-refractivity contribution in [1.29, 1.82) is 0 Å². The number of hydrogen-bond donors (Lipinski definition) is 3. The van der Waals surface area contributed by atoms with Gasteiger partial charge in [0.1, 0.15) is 0 Å². The van der Waals surface area contributed by atoms with Crippen molar-refractivity contribution in [2.24, 2.45) is 5.10 Å². The predicted octanol–water partition coefficient (Wildman–Crippen LogP) is 5.74. The van der Waals surface area contributed by atoms with Gasteiger partial charge < -0.3 is 10.2 Å². The monoisotopic (exact) mass is 581 g/mol. The van der Waals surface area contributed by atoms with Gasteiger partial charge in [-0.1, -0.05) is 46.9 Å². The zero-order valence-electron chi connectivity index (χ0n) is 19.5. The molecule has 1 heterocycles. The molecule has 1 amide bonds. The average molecular weight is 581 g/mol. The molecule has 0 radical (unpaired) electrons. The van der Waals surface area contributed by atoms with Crippen LogP contribution in [0.25, 0.3) is 16.6 Å². The molecule has 3 N–H and O–H groups in total. The number of benzene rings is 3. The minimum absolute atomic E-state index is 0.0881. The van der Waals surface area contributed by atoms with E-state index in [1.807, 2.05) is 38.1 Å². The first-order valence-electron chi connectivity index (χ1n) is 10.9. The number of nitrogens with zero attached hydrogens (tertiary/aromatic N) is 2. The maximum absolute atomic E-state index is 12.7. The Kier molecular flexibility index (Phi) is 6.93. The number of aromatic nitrogens is 1. The number of aromatic carboxylic acids is 1. The second kappa shape index (κ2) is 9.91. The van der Waals surface area contributed by atoms with Crippen molar-refractivity contribution in [1.82, 2.24) is 9.99 Å². The SMILES string of the molecule is CC(=NNC(=O)c1ccc(C)c(C)c1)c1c(O)n(-c2cccc(C(=O)O)c2)c2cc(CI)ccc12. The molecule has 8 heteroatoms. The van der Waals surface area contributed by atoms with Gasteiger partial charge in [0.25, 0.3) is 5.91 Å². The number of fused-ring (bicyclic) bond motifs is 1. The Morgan fingerprint density at radius 1 is 1.00 bits per heavy atom. The fraction of sp³-hybridized carbons (Fsp3) is 0.148. The molecule has 0 aliphatic heterocycles. The molecule has 0 bridgehead atoms. The Bertz CT molecular complexity index is 1500. The van der Waals surface area contributed by atoms with Crippen LogP contribution in [0.3, 0.4) is 0 Å². The van der Waals surface area contributed by atoms with Gasteiger partial charge in [0, 0.05) is 21.1 Å². The van der Waals surface area contributed by atoms with E-state index in [2.05, 4.69) is 33.1 Å². The van der Waals surface area contributed by atoms with Gasteiger partial charge in [-0.2, -0.15) is 5.10 Å². The maximum atomic E-state index is 12.7. The third-order valence-electron chi connectivity index (χ3n) is 5.97. The van der Waals surface area contributed by atoms with E-state index in [-0.39, 0.29) is 17.4 Å². The molecule has 0 spiro atoms. The highest BCUT2D eigenvalue weighted by Gasteiger charge is 2.21. The Labute approximate surface area is 216 Å². The number of hydrazone groups is 1. The zero-order chi connectivity index (χ0) is 25.3. The number of carboxylic acids is 1. The van der Waals surface area contributed by atoms with Crippen LogP contribution in [-0.4, -0.2) is 32.4 Å². The quantitative estimate of drug-likeness (QED) is 0.117. The van der Waals surface area contributed by atoms with Gasteiger partial charge in [0.2, 0.25) is 5.88 Å². The van der Waals surface area contributed by atoms with Gasteiger partial charge >= 0.3 is 5.97 Å². The Balaban J connectivity index is 1.81. The number of hydrogen-bond acceptors (Lipinski definition) is 4. The van der Waals surface area contributed by atoms with Crippen LogP contribution in [0.2, 0.25) is 0 Å². The van der Waals surface area contributed by atoms with E-state index in [0.717, 1.165) is 26.5 Å². The van der Waals surface area contributed by atoms with Gasteiger partial charge in [-0.3, -0.25) is 9.36 Å². The van der Waals surface area contributed by atoms with Crippen molar-refractivity contribution in [3.8, 4) is 11.6 Å². The Morgan fingerprint density at radius 2 is 1.77 bits per heavy atom. The smallest absolute Gasteiger partial charge is 0.335 e. The molecule has 0 atom stereocenters. The third-order valence-corrected chi connectivity index (χ3v) is 6.85. The summed E-state index contributed by atoms with van der Waals surface area (Å²) in [5, 5.41) is 25.7. The number of alkyl halides is 1. The average Bonchev–Trinajstić information content (AvgIpc) is 3.14. The molecular weight excluding hydrogens is 557 g/mol. The summed E-state index contributed by atoms with van der Waals surface area (Å²) in [5.74, 6) is -1.49. The first-order valence-corrected chi connectivity index (χ1v) is 12.4. The summed E-state index contributed by atoms with van der Waals surface area (Å²) in [5.41, 5.74) is 8.44. The third kappa shape index (κ3) is 4.79. The van der Waals surface area contributed by atoms with Crippen LogP contribution in [0, 0.1) is 13.8 Å². The minimum Gasteiger partial charge on any atom is -0.494 e. The first-order chi connectivity index (χ1) is 16.7. The van der Waals surface area contributed by atoms with E-state index in [9.17, 15) is 19.8 Å². The Hall–Kier alpha value is -3.66. The van der Waals surface area contributed by atoms with Gasteiger partial charge in [0.15, 0.2) is 0 Å². The molecule has 0 saturated heterocycles. The lowest BCUT2D eigenvalue weighted by Crippen LogP contribution is -2.19. The van der Waals surface area contributed by atoms with Crippen molar-refractivity contribution >= 4 is 51.1 Å². The van der Waals surface area contributed by atoms with Crippen molar-refractivity contribution in [3.63, 3.8) is 0 Å². The number of nitrogens with one attached hydrogen (secondary N) is 1. The zero-order valence-corrected chi connectivity index (χ0v) is 21.6. The first kappa shape index (κ1) is 24.5.